The number of thioether (sulfide) groups is 1. The summed E-state index contributed by atoms with van der Waals surface area (Å²) < 4.78 is 7.49. The molecular formula is C19H17N5OS2. The van der Waals surface area contributed by atoms with Gasteiger partial charge >= 0.3 is 0 Å². The van der Waals surface area contributed by atoms with Gasteiger partial charge in [0.15, 0.2) is 0 Å². The molecule has 27 heavy (non-hydrogen) atoms. The average Bonchev–Trinajstić information content (AvgIpc) is 3.35. The summed E-state index contributed by atoms with van der Waals surface area (Å²) in [6, 6.07) is 17.9. The van der Waals surface area contributed by atoms with Crippen LogP contribution in [-0.2, 0) is 12.4 Å². The van der Waals surface area contributed by atoms with E-state index >= 15 is 0 Å². The second-order valence-electron chi connectivity index (χ2n) is 5.83. The Bertz CT molecular complexity index is 998. The number of thiazole rings is 1. The second kappa shape index (κ2) is 8.32. The average molecular weight is 396 g/mol. The van der Waals surface area contributed by atoms with Crippen LogP contribution in [0.2, 0.25) is 0 Å². The first kappa shape index (κ1) is 17.7. The number of tetrazole rings is 1. The molecule has 0 bridgehead atoms. The summed E-state index contributed by atoms with van der Waals surface area (Å²) in [5.74, 6) is 1.55. The molecule has 4 rings (SSSR count). The van der Waals surface area contributed by atoms with E-state index in [-0.39, 0.29) is 0 Å². The zero-order valence-electron chi connectivity index (χ0n) is 14.6. The molecule has 0 atom stereocenters. The summed E-state index contributed by atoms with van der Waals surface area (Å²) >= 11 is 3.16. The van der Waals surface area contributed by atoms with Crippen LogP contribution in [0.1, 0.15) is 16.3 Å². The minimum absolute atomic E-state index is 0.473. The van der Waals surface area contributed by atoms with E-state index in [2.05, 4.69) is 32.8 Å². The molecule has 0 N–H and O–H groups in total. The zero-order chi connectivity index (χ0) is 18.5. The molecule has 2 aromatic heterocycles. The van der Waals surface area contributed by atoms with Crippen LogP contribution < -0.4 is 4.74 Å². The van der Waals surface area contributed by atoms with Crippen molar-refractivity contribution in [2.75, 3.05) is 0 Å². The molecular weight excluding hydrogens is 378 g/mol. The van der Waals surface area contributed by atoms with Crippen molar-refractivity contribution in [3.05, 3.63) is 76.2 Å². The molecule has 4 aromatic rings. The summed E-state index contributed by atoms with van der Waals surface area (Å²) in [6.07, 6.45) is 0. The fourth-order valence-electron chi connectivity index (χ4n) is 2.40. The Morgan fingerprint density at radius 2 is 1.89 bits per heavy atom. The third-order valence-corrected chi connectivity index (χ3v) is 5.60. The fourth-order valence-corrected chi connectivity index (χ4v) is 3.99. The van der Waals surface area contributed by atoms with Gasteiger partial charge in [0.05, 0.1) is 11.4 Å². The number of hydrogen-bond donors (Lipinski definition) is 0. The van der Waals surface area contributed by atoms with Gasteiger partial charge in [-0.05, 0) is 41.6 Å². The van der Waals surface area contributed by atoms with E-state index in [0.717, 1.165) is 27.3 Å². The second-order valence-corrected chi connectivity index (χ2v) is 7.72. The fraction of sp³-hybridized carbons (Fsp3) is 0.158. The molecule has 0 spiro atoms. The van der Waals surface area contributed by atoms with Crippen molar-refractivity contribution in [1.29, 1.82) is 0 Å². The van der Waals surface area contributed by atoms with Crippen molar-refractivity contribution < 1.29 is 4.74 Å². The Labute approximate surface area is 165 Å². The van der Waals surface area contributed by atoms with E-state index in [1.807, 2.05) is 54.6 Å². The number of nitrogens with zero attached hydrogens (tertiary/aromatic N) is 5. The highest BCUT2D eigenvalue weighted by Crippen LogP contribution is 2.24. The molecule has 0 fully saturated rings. The van der Waals surface area contributed by atoms with Gasteiger partial charge in [-0.2, -0.15) is 4.68 Å². The molecule has 136 valence electrons. The van der Waals surface area contributed by atoms with Crippen molar-refractivity contribution in [3.8, 4) is 11.4 Å². The Hall–Kier alpha value is -2.71. The van der Waals surface area contributed by atoms with Gasteiger partial charge in [0, 0.05) is 11.1 Å². The van der Waals surface area contributed by atoms with Crippen LogP contribution in [-0.4, -0.2) is 25.2 Å². The van der Waals surface area contributed by atoms with Crippen LogP contribution in [0.4, 0.5) is 0 Å². The van der Waals surface area contributed by atoms with Crippen molar-refractivity contribution in [2.24, 2.45) is 0 Å². The van der Waals surface area contributed by atoms with Gasteiger partial charge in [0.1, 0.15) is 17.4 Å². The van der Waals surface area contributed by atoms with E-state index < -0.39 is 0 Å². The number of para-hydroxylation sites is 1. The van der Waals surface area contributed by atoms with E-state index in [0.29, 0.717) is 12.4 Å². The van der Waals surface area contributed by atoms with Gasteiger partial charge in [-0.1, -0.05) is 47.7 Å². The molecule has 2 aromatic carbocycles. The van der Waals surface area contributed by atoms with Crippen molar-refractivity contribution in [2.45, 2.75) is 24.4 Å². The van der Waals surface area contributed by atoms with Gasteiger partial charge in [-0.3, -0.25) is 0 Å². The minimum Gasteiger partial charge on any atom is -0.486 e. The maximum absolute atomic E-state index is 5.75. The summed E-state index contributed by atoms with van der Waals surface area (Å²) in [4.78, 5) is 4.63. The smallest absolute Gasteiger partial charge is 0.214 e. The number of benzene rings is 2. The minimum atomic E-state index is 0.473. The molecule has 0 amide bonds. The monoisotopic (exact) mass is 395 g/mol. The van der Waals surface area contributed by atoms with Crippen LogP contribution >= 0.6 is 23.1 Å². The Morgan fingerprint density at radius 3 is 2.70 bits per heavy atom. The first-order valence-corrected chi connectivity index (χ1v) is 10.2. The summed E-state index contributed by atoms with van der Waals surface area (Å²) in [5.41, 5.74) is 3.15. The third-order valence-electron chi connectivity index (χ3n) is 3.77. The lowest BCUT2D eigenvalue weighted by atomic mass is 10.2. The van der Waals surface area contributed by atoms with E-state index in [1.54, 1.807) is 27.8 Å². The van der Waals surface area contributed by atoms with E-state index in [1.165, 1.54) is 5.56 Å². The van der Waals surface area contributed by atoms with Gasteiger partial charge in [0.25, 0.3) is 0 Å². The molecule has 0 saturated carbocycles. The van der Waals surface area contributed by atoms with Crippen LogP contribution in [0, 0.1) is 6.92 Å². The van der Waals surface area contributed by atoms with Crippen molar-refractivity contribution >= 4 is 23.1 Å². The SMILES string of the molecule is Cc1ccc(-n2nnnc2SCc2csc(COc3ccccc3)n2)cc1. The first-order chi connectivity index (χ1) is 13.3. The number of ether oxygens (including phenoxy) is 1. The number of hydrogen-bond acceptors (Lipinski definition) is 7. The van der Waals surface area contributed by atoms with Gasteiger partial charge < -0.3 is 4.74 Å². The van der Waals surface area contributed by atoms with Crippen LogP contribution in [0.3, 0.4) is 0 Å². The van der Waals surface area contributed by atoms with Crippen molar-refractivity contribution in [3.63, 3.8) is 0 Å². The summed E-state index contributed by atoms with van der Waals surface area (Å²) in [7, 11) is 0. The highest BCUT2D eigenvalue weighted by Gasteiger charge is 2.11. The molecule has 0 saturated heterocycles. The maximum atomic E-state index is 5.75. The van der Waals surface area contributed by atoms with Gasteiger partial charge in [0.2, 0.25) is 5.16 Å². The highest BCUT2D eigenvalue weighted by atomic mass is 32.2. The number of rotatable bonds is 7. The summed E-state index contributed by atoms with van der Waals surface area (Å²) in [6.45, 7) is 2.53. The lowest BCUT2D eigenvalue weighted by Crippen LogP contribution is -1.99. The molecule has 0 aliphatic rings. The van der Waals surface area contributed by atoms with E-state index in [4.69, 9.17) is 4.74 Å². The lowest BCUT2D eigenvalue weighted by Gasteiger charge is -2.04. The van der Waals surface area contributed by atoms with Crippen LogP contribution in [0.15, 0.2) is 65.1 Å². The quantitative estimate of drug-likeness (QED) is 0.435. The topological polar surface area (TPSA) is 65.7 Å². The normalized spacial score (nSPS) is 10.9. The maximum Gasteiger partial charge on any atom is 0.214 e. The molecule has 8 heteroatoms. The van der Waals surface area contributed by atoms with Crippen LogP contribution in [0.5, 0.6) is 5.75 Å². The Morgan fingerprint density at radius 1 is 1.07 bits per heavy atom. The largest absolute Gasteiger partial charge is 0.486 e. The molecule has 0 radical (unpaired) electrons. The van der Waals surface area contributed by atoms with Crippen LogP contribution in [0.25, 0.3) is 5.69 Å². The predicted octanol–water partition coefficient (Wildman–Crippen LogP) is 4.30. The predicted molar refractivity (Wildman–Crippen MR) is 106 cm³/mol. The standard InChI is InChI=1S/C19H17N5OS2/c1-14-7-9-16(10-8-14)24-19(21-22-23-24)27-13-15-12-26-18(20-15)11-25-17-5-3-2-4-6-17/h2-10,12H,11,13H2,1H3. The lowest BCUT2D eigenvalue weighted by molar-refractivity contribution is 0.305. The zero-order valence-corrected chi connectivity index (χ0v) is 16.3. The van der Waals surface area contributed by atoms with E-state index in [9.17, 15) is 0 Å². The van der Waals surface area contributed by atoms with Gasteiger partial charge in [-0.15, -0.1) is 16.4 Å². The first-order valence-electron chi connectivity index (χ1n) is 8.37. The molecule has 0 unspecified atom stereocenters. The highest BCUT2D eigenvalue weighted by molar-refractivity contribution is 7.98. The van der Waals surface area contributed by atoms with Crippen molar-refractivity contribution in [1.82, 2.24) is 25.2 Å². The Kier molecular flexibility index (Phi) is 5.45. The molecule has 2 heterocycles. The van der Waals surface area contributed by atoms with Gasteiger partial charge in [-0.25, -0.2) is 4.98 Å². The number of aromatic nitrogens is 5. The molecule has 0 aliphatic carbocycles. The summed E-state index contributed by atoms with van der Waals surface area (Å²) in [5, 5.41) is 15.8. The Balaban J connectivity index is 1.37. The molecule has 0 aliphatic heterocycles. The third kappa shape index (κ3) is 4.53. The number of aryl methyl sites for hydroxylation is 1. The molecule has 6 nitrogen and oxygen atoms in total.